The van der Waals surface area contributed by atoms with E-state index in [4.69, 9.17) is 16.3 Å². The molecule has 6 rings (SSSR count). The second-order valence-electron chi connectivity index (χ2n) is 11.4. The minimum atomic E-state index is -0.481. The van der Waals surface area contributed by atoms with Crippen LogP contribution in [0.25, 0.3) is 22.2 Å². The summed E-state index contributed by atoms with van der Waals surface area (Å²) in [5.41, 5.74) is 10.2. The number of carbonyl (C=O) groups excluding carboxylic acids is 1. The van der Waals surface area contributed by atoms with E-state index in [0.29, 0.717) is 29.6 Å². The quantitative estimate of drug-likeness (QED) is 0.227. The van der Waals surface area contributed by atoms with Crippen molar-refractivity contribution in [2.75, 3.05) is 19.7 Å². The average Bonchev–Trinajstić information content (AvgIpc) is 2.84. The van der Waals surface area contributed by atoms with Gasteiger partial charge in [0.2, 0.25) is 0 Å². The maximum absolute atomic E-state index is 12.5. The molecule has 5 N–H and O–H groups in total. The molecule has 39 heavy (non-hydrogen) atoms. The zero-order valence-corrected chi connectivity index (χ0v) is 22.3. The molecule has 9 nitrogen and oxygen atoms in total. The second-order valence-corrected chi connectivity index (χ2v) is 11.4. The number of hydrazine groups is 1. The first-order valence-corrected chi connectivity index (χ1v) is 13.8. The fraction of sp³-hybridized carbons (Fsp3) is 0.433. The van der Waals surface area contributed by atoms with Crippen molar-refractivity contribution >= 4 is 16.9 Å². The maximum Gasteiger partial charge on any atom is 0.330 e. The van der Waals surface area contributed by atoms with Gasteiger partial charge in [-0.05, 0) is 74.3 Å². The fourth-order valence-corrected chi connectivity index (χ4v) is 6.41. The number of phenolic OH excluding ortho intramolecular Hbond substituents is 1. The molecule has 0 bridgehead atoms. The first-order valence-electron chi connectivity index (χ1n) is 13.8. The Kier molecular flexibility index (Phi) is 6.54. The van der Waals surface area contributed by atoms with Crippen LogP contribution in [0.3, 0.4) is 0 Å². The van der Waals surface area contributed by atoms with Crippen LogP contribution in [-0.2, 0) is 9.53 Å². The van der Waals surface area contributed by atoms with Crippen LogP contribution < -0.4 is 11.6 Å². The number of para-hydroxylation sites is 1. The summed E-state index contributed by atoms with van der Waals surface area (Å²) in [6.45, 7) is 3.94. The molecule has 1 aromatic heterocycles. The van der Waals surface area contributed by atoms with Crippen molar-refractivity contribution in [2.24, 2.45) is 22.9 Å². The van der Waals surface area contributed by atoms with Crippen molar-refractivity contribution in [1.29, 1.82) is 0 Å². The van der Waals surface area contributed by atoms with Crippen LogP contribution >= 0.6 is 0 Å². The number of phenols is 1. The Balaban J connectivity index is 1.07. The molecule has 204 valence electrons. The first-order chi connectivity index (χ1) is 18.9. The molecule has 2 heterocycles. The van der Waals surface area contributed by atoms with Crippen LogP contribution in [-0.4, -0.2) is 56.9 Å². The van der Waals surface area contributed by atoms with Crippen molar-refractivity contribution in [1.82, 2.24) is 20.1 Å². The number of benzene rings is 2. The molecule has 2 aliphatic carbocycles. The SMILES string of the molecule is CCOC(=O)C(C1CCC1)N(N)/C=C(\N)N1CC2(CC(c3ccc4cc(-c5ccccc5O)nnc4c3)C2)C1. The number of esters is 1. The number of likely N-dealkylation sites (tertiary alicyclic amines) is 1. The minimum absolute atomic E-state index is 0.198. The highest BCUT2D eigenvalue weighted by Crippen LogP contribution is 2.56. The molecule has 1 saturated heterocycles. The molecule has 2 aromatic carbocycles. The molecular formula is C30H36N6O3. The van der Waals surface area contributed by atoms with Crippen molar-refractivity contribution in [3.8, 4) is 17.0 Å². The summed E-state index contributed by atoms with van der Waals surface area (Å²) in [6, 6.07) is 15.1. The van der Waals surface area contributed by atoms with Gasteiger partial charge in [0, 0.05) is 29.5 Å². The fourth-order valence-electron chi connectivity index (χ4n) is 6.41. The van der Waals surface area contributed by atoms with Crippen molar-refractivity contribution in [3.63, 3.8) is 0 Å². The summed E-state index contributed by atoms with van der Waals surface area (Å²) >= 11 is 0. The summed E-state index contributed by atoms with van der Waals surface area (Å²) in [7, 11) is 0. The number of hydrogen-bond acceptors (Lipinski definition) is 9. The van der Waals surface area contributed by atoms with E-state index >= 15 is 0 Å². The Morgan fingerprint density at radius 1 is 1.21 bits per heavy atom. The number of nitrogens with two attached hydrogens (primary N) is 2. The Bertz CT molecular complexity index is 1410. The third-order valence-corrected chi connectivity index (χ3v) is 8.77. The summed E-state index contributed by atoms with van der Waals surface area (Å²) in [5.74, 6) is 7.54. The van der Waals surface area contributed by atoms with Crippen LogP contribution in [0.15, 0.2) is 60.6 Å². The number of ether oxygens (including phenoxy) is 1. The van der Waals surface area contributed by atoms with E-state index in [-0.39, 0.29) is 23.1 Å². The number of rotatable bonds is 8. The summed E-state index contributed by atoms with van der Waals surface area (Å²) < 4.78 is 5.27. The molecule has 1 spiro atoms. The lowest BCUT2D eigenvalue weighted by molar-refractivity contribution is -0.152. The molecular weight excluding hydrogens is 492 g/mol. The van der Waals surface area contributed by atoms with Gasteiger partial charge >= 0.3 is 5.97 Å². The van der Waals surface area contributed by atoms with E-state index in [2.05, 4.69) is 33.3 Å². The number of hydrogen-bond donors (Lipinski definition) is 3. The molecule has 2 saturated carbocycles. The Labute approximate surface area is 228 Å². The largest absolute Gasteiger partial charge is 0.507 e. The van der Waals surface area contributed by atoms with Gasteiger partial charge in [0.05, 0.1) is 24.0 Å². The van der Waals surface area contributed by atoms with Gasteiger partial charge in [0.1, 0.15) is 17.6 Å². The normalized spacial score (nSPS) is 19.7. The van der Waals surface area contributed by atoms with Gasteiger partial charge in [-0.25, -0.2) is 10.6 Å². The monoisotopic (exact) mass is 528 g/mol. The van der Waals surface area contributed by atoms with Crippen LogP contribution in [0.5, 0.6) is 5.75 Å². The van der Waals surface area contributed by atoms with Gasteiger partial charge in [0.25, 0.3) is 0 Å². The summed E-state index contributed by atoms with van der Waals surface area (Å²) in [6.07, 6.45) is 6.99. The first kappa shape index (κ1) is 25.4. The number of aromatic nitrogens is 2. The Hall–Kier alpha value is -3.85. The van der Waals surface area contributed by atoms with Crippen molar-refractivity contribution < 1.29 is 14.6 Å². The Morgan fingerprint density at radius 3 is 2.67 bits per heavy atom. The highest BCUT2D eigenvalue weighted by atomic mass is 16.5. The van der Waals surface area contributed by atoms with E-state index in [1.54, 1.807) is 18.3 Å². The molecule has 0 radical (unpaired) electrons. The number of aromatic hydroxyl groups is 1. The zero-order valence-electron chi connectivity index (χ0n) is 22.3. The van der Waals surface area contributed by atoms with Crippen LogP contribution in [0.4, 0.5) is 0 Å². The summed E-state index contributed by atoms with van der Waals surface area (Å²) in [4.78, 5) is 14.7. The van der Waals surface area contributed by atoms with Gasteiger partial charge in [-0.1, -0.05) is 30.7 Å². The number of carbonyl (C=O) groups is 1. The van der Waals surface area contributed by atoms with E-state index in [9.17, 15) is 9.90 Å². The van der Waals surface area contributed by atoms with Crippen molar-refractivity contribution in [2.45, 2.75) is 51.0 Å². The molecule has 1 atom stereocenters. The molecule has 3 fully saturated rings. The minimum Gasteiger partial charge on any atom is -0.507 e. The van der Waals surface area contributed by atoms with Crippen LogP contribution in [0, 0.1) is 11.3 Å². The zero-order chi connectivity index (χ0) is 27.1. The van der Waals surface area contributed by atoms with Gasteiger partial charge in [-0.3, -0.25) is 0 Å². The highest BCUT2D eigenvalue weighted by Gasteiger charge is 2.53. The van der Waals surface area contributed by atoms with E-state index in [0.717, 1.165) is 56.1 Å². The van der Waals surface area contributed by atoms with Crippen LogP contribution in [0.1, 0.15) is 50.5 Å². The van der Waals surface area contributed by atoms with Gasteiger partial charge in [-0.15, -0.1) is 10.2 Å². The molecule has 1 aliphatic heterocycles. The molecule has 9 heteroatoms. The molecule has 1 unspecified atom stereocenters. The lowest BCUT2D eigenvalue weighted by atomic mass is 9.56. The van der Waals surface area contributed by atoms with Gasteiger partial charge in [0.15, 0.2) is 0 Å². The molecule has 3 aromatic rings. The Morgan fingerprint density at radius 2 is 1.97 bits per heavy atom. The van der Waals surface area contributed by atoms with E-state index in [1.807, 2.05) is 25.1 Å². The lowest BCUT2D eigenvalue weighted by Gasteiger charge is -2.60. The van der Waals surface area contributed by atoms with Crippen LogP contribution in [0.2, 0.25) is 0 Å². The lowest BCUT2D eigenvalue weighted by Crippen LogP contribution is -2.62. The average molecular weight is 529 g/mol. The van der Waals surface area contributed by atoms with Gasteiger partial charge < -0.3 is 25.5 Å². The third kappa shape index (κ3) is 4.76. The van der Waals surface area contributed by atoms with Gasteiger partial charge in [-0.2, -0.15) is 0 Å². The predicted octanol–water partition coefficient (Wildman–Crippen LogP) is 3.85. The van der Waals surface area contributed by atoms with Crippen molar-refractivity contribution in [3.05, 3.63) is 66.1 Å². The predicted molar refractivity (Wildman–Crippen MR) is 149 cm³/mol. The smallest absolute Gasteiger partial charge is 0.330 e. The number of nitrogens with zero attached hydrogens (tertiary/aromatic N) is 4. The molecule has 3 aliphatic rings. The standard InChI is InChI=1S/C30H36N6O3/c1-2-39-29(38)28(19-6-5-7-19)36(32)16-27(31)35-17-30(18-35)14-22(15-30)20-10-11-21-13-25(34-33-24(21)12-20)23-8-3-4-9-26(23)37/h3-4,8-13,16,19,22,28,37H,2,5-7,14-15,17-18,31-32H2,1H3/b27-16+. The third-order valence-electron chi connectivity index (χ3n) is 8.77. The molecule has 0 amide bonds. The maximum atomic E-state index is 12.5. The summed E-state index contributed by atoms with van der Waals surface area (Å²) in [5, 5.41) is 21.4. The topological polar surface area (TPSA) is 131 Å². The number of fused-ring (bicyclic) bond motifs is 1. The van der Waals surface area contributed by atoms with E-state index < -0.39 is 6.04 Å². The second kappa shape index (κ2) is 10.0. The highest BCUT2D eigenvalue weighted by molar-refractivity contribution is 5.83. The van der Waals surface area contributed by atoms with E-state index in [1.165, 1.54) is 10.6 Å².